The van der Waals surface area contributed by atoms with E-state index in [1.54, 1.807) is 0 Å². The maximum absolute atomic E-state index is 12.9. The Kier molecular flexibility index (Phi) is 7.18. The summed E-state index contributed by atoms with van der Waals surface area (Å²) in [6, 6.07) is 9.41. The zero-order chi connectivity index (χ0) is 19.1. The van der Waals surface area contributed by atoms with Gasteiger partial charge in [0.15, 0.2) is 0 Å². The second kappa shape index (κ2) is 9.36. The van der Waals surface area contributed by atoms with Crippen LogP contribution < -0.4 is 5.32 Å². The quantitative estimate of drug-likeness (QED) is 0.782. The Bertz CT molecular complexity index is 624. The van der Waals surface area contributed by atoms with Gasteiger partial charge in [-0.2, -0.15) is 0 Å². The van der Waals surface area contributed by atoms with Crippen molar-refractivity contribution in [1.29, 1.82) is 0 Å². The van der Waals surface area contributed by atoms with Crippen LogP contribution in [-0.2, 0) is 14.4 Å². The van der Waals surface area contributed by atoms with Crippen LogP contribution in [-0.4, -0.2) is 46.9 Å². The third-order valence-corrected chi connectivity index (χ3v) is 5.18. The average Bonchev–Trinajstić information content (AvgIpc) is 2.65. The highest BCUT2D eigenvalue weighted by molar-refractivity contribution is 5.85. The first-order valence-electron chi connectivity index (χ1n) is 9.22. The number of carbonyl (C=O) groups is 3. The summed E-state index contributed by atoms with van der Waals surface area (Å²) < 4.78 is 0. The molecule has 1 aliphatic carbocycles. The van der Waals surface area contributed by atoms with Gasteiger partial charge in [0.2, 0.25) is 11.8 Å². The minimum absolute atomic E-state index is 0.114. The second-order valence-corrected chi connectivity index (χ2v) is 6.99. The molecule has 142 valence electrons. The number of benzene rings is 1. The van der Waals surface area contributed by atoms with Crippen LogP contribution in [0, 0.1) is 5.92 Å². The molecule has 1 unspecified atom stereocenters. The Morgan fingerprint density at radius 1 is 1.15 bits per heavy atom. The van der Waals surface area contributed by atoms with Gasteiger partial charge in [0.1, 0.15) is 6.04 Å². The number of nitrogens with zero attached hydrogens (tertiary/aromatic N) is 1. The summed E-state index contributed by atoms with van der Waals surface area (Å²) in [7, 11) is 0. The fourth-order valence-electron chi connectivity index (χ4n) is 3.61. The molecule has 2 rings (SSSR count). The lowest BCUT2D eigenvalue weighted by Gasteiger charge is -2.34. The molecule has 1 aromatic carbocycles. The van der Waals surface area contributed by atoms with E-state index in [2.05, 4.69) is 17.4 Å². The van der Waals surface area contributed by atoms with E-state index in [9.17, 15) is 19.5 Å². The second-order valence-electron chi connectivity index (χ2n) is 6.99. The first kappa shape index (κ1) is 19.9. The number of nitrogens with one attached hydrogen (secondary N) is 1. The van der Waals surface area contributed by atoms with E-state index in [0.717, 1.165) is 25.7 Å². The third kappa shape index (κ3) is 5.31. The van der Waals surface area contributed by atoms with Crippen LogP contribution in [0.5, 0.6) is 0 Å². The van der Waals surface area contributed by atoms with Crippen LogP contribution in [0.25, 0.3) is 0 Å². The minimum Gasteiger partial charge on any atom is -0.480 e. The van der Waals surface area contributed by atoms with Gasteiger partial charge in [0.05, 0.1) is 0 Å². The zero-order valence-electron chi connectivity index (χ0n) is 15.5. The van der Waals surface area contributed by atoms with Gasteiger partial charge in [-0.05, 0) is 44.1 Å². The van der Waals surface area contributed by atoms with Crippen molar-refractivity contribution < 1.29 is 19.5 Å². The molecule has 1 fully saturated rings. The van der Waals surface area contributed by atoms with E-state index in [0.29, 0.717) is 5.92 Å². The average molecular weight is 360 g/mol. The predicted molar refractivity (Wildman–Crippen MR) is 98.6 cm³/mol. The molecule has 0 radical (unpaired) electrons. The van der Waals surface area contributed by atoms with Gasteiger partial charge in [-0.1, -0.05) is 30.3 Å². The Labute approximate surface area is 154 Å². The van der Waals surface area contributed by atoms with Gasteiger partial charge >= 0.3 is 5.97 Å². The topological polar surface area (TPSA) is 86.7 Å². The first-order chi connectivity index (χ1) is 12.4. The molecule has 1 atom stereocenters. The lowest BCUT2D eigenvalue weighted by Crippen LogP contribution is -2.49. The number of hydrogen-bond acceptors (Lipinski definition) is 3. The molecular formula is C20H28N2O4. The minimum atomic E-state index is -1.03. The van der Waals surface area contributed by atoms with Gasteiger partial charge in [-0.15, -0.1) is 0 Å². The van der Waals surface area contributed by atoms with Gasteiger partial charge in [-0.25, -0.2) is 4.79 Å². The molecule has 6 nitrogen and oxygen atoms in total. The van der Waals surface area contributed by atoms with Crippen LogP contribution in [0.2, 0.25) is 0 Å². The molecule has 0 heterocycles. The maximum Gasteiger partial charge on any atom is 0.326 e. The van der Waals surface area contributed by atoms with Crippen molar-refractivity contribution in [3.05, 3.63) is 35.9 Å². The normalized spacial score (nSPS) is 20.8. The van der Waals surface area contributed by atoms with Gasteiger partial charge in [0.25, 0.3) is 0 Å². The van der Waals surface area contributed by atoms with E-state index in [1.165, 1.54) is 24.3 Å². The highest BCUT2D eigenvalue weighted by Crippen LogP contribution is 2.36. The third-order valence-electron chi connectivity index (χ3n) is 5.18. The van der Waals surface area contributed by atoms with Crippen molar-refractivity contribution in [2.24, 2.45) is 5.92 Å². The molecule has 0 saturated heterocycles. The molecule has 2 N–H and O–H groups in total. The summed E-state index contributed by atoms with van der Waals surface area (Å²) in [5, 5.41) is 11.9. The lowest BCUT2D eigenvalue weighted by molar-refractivity contribution is -0.151. The maximum atomic E-state index is 12.9. The molecule has 0 spiro atoms. The molecule has 1 aromatic rings. The van der Waals surface area contributed by atoms with Crippen molar-refractivity contribution in [1.82, 2.24) is 10.2 Å². The van der Waals surface area contributed by atoms with E-state index in [-0.39, 0.29) is 30.8 Å². The molecule has 26 heavy (non-hydrogen) atoms. The van der Waals surface area contributed by atoms with Crippen molar-refractivity contribution >= 4 is 17.8 Å². The molecule has 1 aliphatic rings. The van der Waals surface area contributed by atoms with E-state index in [1.807, 2.05) is 18.2 Å². The Morgan fingerprint density at radius 2 is 1.77 bits per heavy atom. The Hall–Kier alpha value is -2.37. The van der Waals surface area contributed by atoms with Crippen molar-refractivity contribution in [2.75, 3.05) is 13.1 Å². The summed E-state index contributed by atoms with van der Waals surface area (Å²) in [6.45, 7) is 3.39. The molecule has 6 heteroatoms. The summed E-state index contributed by atoms with van der Waals surface area (Å²) >= 11 is 0. The van der Waals surface area contributed by atoms with Crippen molar-refractivity contribution in [3.63, 3.8) is 0 Å². The summed E-state index contributed by atoms with van der Waals surface area (Å²) in [5.41, 5.74) is 1.31. The fraction of sp³-hybridized carbons (Fsp3) is 0.550. The molecule has 2 amide bonds. The van der Waals surface area contributed by atoms with Crippen LogP contribution in [0.4, 0.5) is 0 Å². The van der Waals surface area contributed by atoms with E-state index >= 15 is 0 Å². The molecule has 0 aliphatic heterocycles. The standard InChI is InChI=1S/C20H28N2O4/c1-14(20(25)26)22(13-12-21-15(2)23)19(24)18-10-8-17(9-11-18)16-6-4-3-5-7-16/h3-7,14,17-18H,8-13H2,1-2H3,(H,21,23)(H,25,26). The van der Waals surface area contributed by atoms with Crippen LogP contribution in [0.3, 0.4) is 0 Å². The summed E-state index contributed by atoms with van der Waals surface area (Å²) in [5.74, 6) is -1.02. The van der Waals surface area contributed by atoms with Gasteiger partial charge in [-0.3, -0.25) is 9.59 Å². The van der Waals surface area contributed by atoms with E-state index < -0.39 is 12.0 Å². The number of carboxylic acid groups (broad SMARTS) is 1. The number of aliphatic carboxylic acids is 1. The number of rotatable bonds is 7. The van der Waals surface area contributed by atoms with Crippen LogP contribution >= 0.6 is 0 Å². The largest absolute Gasteiger partial charge is 0.480 e. The smallest absolute Gasteiger partial charge is 0.326 e. The summed E-state index contributed by atoms with van der Waals surface area (Å²) in [4.78, 5) is 36.7. The fourth-order valence-corrected chi connectivity index (χ4v) is 3.61. The van der Waals surface area contributed by atoms with E-state index in [4.69, 9.17) is 0 Å². The van der Waals surface area contributed by atoms with Crippen molar-refractivity contribution in [2.45, 2.75) is 51.5 Å². The highest BCUT2D eigenvalue weighted by Gasteiger charge is 2.33. The number of carbonyl (C=O) groups excluding carboxylic acids is 2. The first-order valence-corrected chi connectivity index (χ1v) is 9.22. The van der Waals surface area contributed by atoms with Crippen LogP contribution in [0.1, 0.15) is 51.0 Å². The Balaban J connectivity index is 1.97. The Morgan fingerprint density at radius 3 is 2.31 bits per heavy atom. The number of carboxylic acids is 1. The molecule has 0 aromatic heterocycles. The monoisotopic (exact) mass is 360 g/mol. The molecule has 1 saturated carbocycles. The number of hydrogen-bond donors (Lipinski definition) is 2. The van der Waals surface area contributed by atoms with Gasteiger partial charge in [0, 0.05) is 25.9 Å². The molecular weight excluding hydrogens is 332 g/mol. The number of amides is 2. The zero-order valence-corrected chi connectivity index (χ0v) is 15.5. The summed E-state index contributed by atoms with van der Waals surface area (Å²) in [6.07, 6.45) is 3.39. The SMILES string of the molecule is CC(=O)NCCN(C(=O)C1CCC(c2ccccc2)CC1)C(C)C(=O)O. The van der Waals surface area contributed by atoms with Crippen molar-refractivity contribution in [3.8, 4) is 0 Å². The lowest BCUT2D eigenvalue weighted by atomic mass is 9.78. The van der Waals surface area contributed by atoms with Crippen LogP contribution in [0.15, 0.2) is 30.3 Å². The van der Waals surface area contributed by atoms with Gasteiger partial charge < -0.3 is 15.3 Å². The predicted octanol–water partition coefficient (Wildman–Crippen LogP) is 2.40. The molecule has 0 bridgehead atoms. The highest BCUT2D eigenvalue weighted by atomic mass is 16.4.